The normalized spacial score (nSPS) is 30.4. The van der Waals surface area contributed by atoms with Crippen molar-refractivity contribution in [2.24, 2.45) is 0 Å². The van der Waals surface area contributed by atoms with Crippen LogP contribution in [-0.4, -0.2) is 11.2 Å². The minimum absolute atomic E-state index is 0.0820. The van der Waals surface area contributed by atoms with Gasteiger partial charge in [-0.05, 0) is 38.2 Å². The number of rotatable bonds is 0. The summed E-state index contributed by atoms with van der Waals surface area (Å²) in [5, 5.41) is 9.41. The molecule has 2 aliphatic carbocycles. The molecule has 0 aromatic carbocycles. The average molecular weight is 150 g/mol. The summed E-state index contributed by atoms with van der Waals surface area (Å²) >= 11 is 0. The molecule has 2 rings (SSSR count). The molecule has 0 bridgehead atoms. The van der Waals surface area contributed by atoms with Gasteiger partial charge in [0.2, 0.25) is 0 Å². The Morgan fingerprint density at radius 3 is 3.00 bits per heavy atom. The fourth-order valence-electron chi connectivity index (χ4n) is 2.14. The van der Waals surface area contributed by atoms with Crippen LogP contribution in [0.1, 0.15) is 32.6 Å². The molecule has 2 aliphatic rings. The Kier molecular flexibility index (Phi) is 1.61. The van der Waals surface area contributed by atoms with Gasteiger partial charge in [-0.1, -0.05) is 17.2 Å². The van der Waals surface area contributed by atoms with Crippen LogP contribution in [0.15, 0.2) is 22.8 Å². The van der Waals surface area contributed by atoms with E-state index in [2.05, 4.69) is 13.0 Å². The van der Waals surface area contributed by atoms with Crippen molar-refractivity contribution >= 4 is 0 Å². The van der Waals surface area contributed by atoms with Crippen molar-refractivity contribution in [2.75, 3.05) is 0 Å². The predicted octanol–water partition coefficient (Wildman–Crippen LogP) is 2.18. The van der Waals surface area contributed by atoms with E-state index < -0.39 is 0 Å². The van der Waals surface area contributed by atoms with Gasteiger partial charge < -0.3 is 5.11 Å². The van der Waals surface area contributed by atoms with E-state index in [9.17, 15) is 5.11 Å². The first-order valence-corrected chi connectivity index (χ1v) is 4.33. The molecule has 0 fully saturated rings. The van der Waals surface area contributed by atoms with E-state index >= 15 is 0 Å². The van der Waals surface area contributed by atoms with Gasteiger partial charge in [0.1, 0.15) is 0 Å². The minimum atomic E-state index is -0.0820. The maximum atomic E-state index is 9.41. The zero-order valence-electron chi connectivity index (χ0n) is 6.93. The Hall–Kier alpha value is -0.560. The van der Waals surface area contributed by atoms with Crippen LogP contribution in [0.2, 0.25) is 0 Å². The number of aliphatic hydroxyl groups is 1. The van der Waals surface area contributed by atoms with Gasteiger partial charge in [0.25, 0.3) is 0 Å². The molecular weight excluding hydrogens is 136 g/mol. The van der Waals surface area contributed by atoms with Crippen molar-refractivity contribution < 1.29 is 5.11 Å². The van der Waals surface area contributed by atoms with Crippen LogP contribution in [0.3, 0.4) is 0 Å². The van der Waals surface area contributed by atoms with E-state index in [1.807, 2.05) is 0 Å². The Balaban J connectivity index is 2.27. The third-order valence-corrected chi connectivity index (χ3v) is 2.72. The number of allylic oxidation sites excluding steroid dienone is 2. The van der Waals surface area contributed by atoms with E-state index in [-0.39, 0.29) is 6.10 Å². The Morgan fingerprint density at radius 2 is 2.27 bits per heavy atom. The average Bonchev–Trinajstić information content (AvgIpc) is 2.31. The molecule has 0 radical (unpaired) electrons. The van der Waals surface area contributed by atoms with Gasteiger partial charge in [-0.25, -0.2) is 0 Å². The highest BCUT2D eigenvalue weighted by molar-refractivity contribution is 5.40. The van der Waals surface area contributed by atoms with Gasteiger partial charge in [-0.3, -0.25) is 0 Å². The van der Waals surface area contributed by atoms with E-state index in [1.54, 1.807) is 0 Å². The molecule has 0 saturated heterocycles. The summed E-state index contributed by atoms with van der Waals surface area (Å²) in [5.41, 5.74) is 4.36. The van der Waals surface area contributed by atoms with Crippen LogP contribution >= 0.6 is 0 Å². The predicted molar refractivity (Wildman–Crippen MR) is 45.3 cm³/mol. The topological polar surface area (TPSA) is 20.2 Å². The number of aliphatic hydroxyl groups excluding tert-OH is 1. The molecule has 0 heterocycles. The lowest BCUT2D eigenvalue weighted by atomic mass is 9.94. The van der Waals surface area contributed by atoms with Gasteiger partial charge in [0.15, 0.2) is 0 Å². The van der Waals surface area contributed by atoms with Gasteiger partial charge >= 0.3 is 0 Å². The molecule has 1 nitrogen and oxygen atoms in total. The summed E-state index contributed by atoms with van der Waals surface area (Å²) in [5.74, 6) is 0. The molecule has 1 atom stereocenters. The lowest BCUT2D eigenvalue weighted by molar-refractivity contribution is 0.186. The second kappa shape index (κ2) is 2.49. The minimum Gasteiger partial charge on any atom is -0.392 e. The zero-order chi connectivity index (χ0) is 7.84. The van der Waals surface area contributed by atoms with Gasteiger partial charge in [0.05, 0.1) is 6.10 Å². The largest absolute Gasteiger partial charge is 0.392 e. The van der Waals surface area contributed by atoms with Crippen LogP contribution in [-0.2, 0) is 0 Å². The van der Waals surface area contributed by atoms with Gasteiger partial charge in [-0.2, -0.15) is 0 Å². The molecule has 0 aromatic heterocycles. The maximum absolute atomic E-state index is 9.41. The SMILES string of the molecule is CC1=CCCC2=C1CC(O)C2. The van der Waals surface area contributed by atoms with Crippen molar-refractivity contribution in [3.8, 4) is 0 Å². The summed E-state index contributed by atoms with van der Waals surface area (Å²) in [6.07, 6.45) is 6.40. The number of hydrogen-bond acceptors (Lipinski definition) is 1. The van der Waals surface area contributed by atoms with E-state index in [0.29, 0.717) is 0 Å². The highest BCUT2D eigenvalue weighted by Gasteiger charge is 2.24. The van der Waals surface area contributed by atoms with Crippen molar-refractivity contribution in [3.05, 3.63) is 22.8 Å². The third-order valence-electron chi connectivity index (χ3n) is 2.72. The monoisotopic (exact) mass is 150 g/mol. The molecule has 1 heteroatoms. The highest BCUT2D eigenvalue weighted by Crippen LogP contribution is 2.37. The quantitative estimate of drug-likeness (QED) is 0.561. The maximum Gasteiger partial charge on any atom is 0.0617 e. The number of hydrogen-bond donors (Lipinski definition) is 1. The van der Waals surface area contributed by atoms with Crippen LogP contribution in [0.5, 0.6) is 0 Å². The van der Waals surface area contributed by atoms with Crippen molar-refractivity contribution in [1.82, 2.24) is 0 Å². The molecule has 60 valence electrons. The molecule has 0 saturated carbocycles. The first-order valence-electron chi connectivity index (χ1n) is 4.33. The smallest absolute Gasteiger partial charge is 0.0617 e. The van der Waals surface area contributed by atoms with Crippen molar-refractivity contribution in [3.63, 3.8) is 0 Å². The van der Waals surface area contributed by atoms with E-state index in [0.717, 1.165) is 12.8 Å². The molecular formula is C10H14O. The van der Waals surface area contributed by atoms with E-state index in [1.165, 1.54) is 29.6 Å². The zero-order valence-corrected chi connectivity index (χ0v) is 6.93. The Bertz CT molecular complexity index is 235. The third kappa shape index (κ3) is 1.14. The van der Waals surface area contributed by atoms with E-state index in [4.69, 9.17) is 0 Å². The summed E-state index contributed by atoms with van der Waals surface area (Å²) in [4.78, 5) is 0. The summed E-state index contributed by atoms with van der Waals surface area (Å²) in [6, 6.07) is 0. The standard InChI is InChI=1S/C10H14O/c1-7-3-2-4-8-5-9(11)6-10(7)8/h3,9,11H,2,4-6H2,1H3. The Labute approximate surface area is 67.4 Å². The van der Waals surface area contributed by atoms with Gasteiger partial charge in [-0.15, -0.1) is 0 Å². The molecule has 11 heavy (non-hydrogen) atoms. The van der Waals surface area contributed by atoms with Crippen molar-refractivity contribution in [2.45, 2.75) is 38.7 Å². The van der Waals surface area contributed by atoms with Crippen molar-refractivity contribution in [1.29, 1.82) is 0 Å². The molecule has 0 spiro atoms. The van der Waals surface area contributed by atoms with Crippen LogP contribution in [0.25, 0.3) is 0 Å². The second-order valence-corrected chi connectivity index (χ2v) is 3.57. The summed E-state index contributed by atoms with van der Waals surface area (Å²) in [6.45, 7) is 2.16. The van der Waals surface area contributed by atoms with Crippen LogP contribution < -0.4 is 0 Å². The first kappa shape index (κ1) is 7.11. The molecule has 0 aromatic rings. The fourth-order valence-corrected chi connectivity index (χ4v) is 2.14. The van der Waals surface area contributed by atoms with Crippen LogP contribution in [0, 0.1) is 0 Å². The highest BCUT2D eigenvalue weighted by atomic mass is 16.3. The molecule has 1 N–H and O–H groups in total. The molecule has 1 unspecified atom stereocenters. The first-order chi connectivity index (χ1) is 5.27. The van der Waals surface area contributed by atoms with Crippen LogP contribution in [0.4, 0.5) is 0 Å². The lowest BCUT2D eigenvalue weighted by Gasteiger charge is -2.11. The van der Waals surface area contributed by atoms with Gasteiger partial charge in [0, 0.05) is 0 Å². The molecule has 0 aliphatic heterocycles. The lowest BCUT2D eigenvalue weighted by Crippen LogP contribution is -1.98. The summed E-state index contributed by atoms with van der Waals surface area (Å²) < 4.78 is 0. The Morgan fingerprint density at radius 1 is 1.45 bits per heavy atom. The fraction of sp³-hybridized carbons (Fsp3) is 0.600. The molecule has 0 amide bonds. The second-order valence-electron chi connectivity index (χ2n) is 3.57. The summed E-state index contributed by atoms with van der Waals surface area (Å²) in [7, 11) is 0.